The Morgan fingerprint density at radius 1 is 0.450 bits per heavy atom. The molecule has 3 aromatic rings. The molecule has 0 heterocycles. The van der Waals surface area contributed by atoms with Crippen molar-refractivity contribution in [2.24, 2.45) is 0 Å². The number of hydrogen-bond acceptors (Lipinski definition) is 0. The summed E-state index contributed by atoms with van der Waals surface area (Å²) < 4.78 is 0. The van der Waals surface area contributed by atoms with Crippen LogP contribution >= 0.6 is 0 Å². The lowest BCUT2D eigenvalue weighted by atomic mass is 9.84. The van der Waals surface area contributed by atoms with Crippen LogP contribution < -0.4 is 0 Å². The van der Waals surface area contributed by atoms with E-state index in [-0.39, 0.29) is 0 Å². The highest BCUT2D eigenvalue weighted by Crippen LogP contribution is 2.30. The average molecular weight is 256 g/mol. The van der Waals surface area contributed by atoms with Gasteiger partial charge in [0.25, 0.3) is 0 Å². The van der Waals surface area contributed by atoms with E-state index in [1.807, 2.05) is 0 Å². The highest BCUT2D eigenvalue weighted by molar-refractivity contribution is 5.65. The molecule has 0 saturated carbocycles. The summed E-state index contributed by atoms with van der Waals surface area (Å²) in [5.74, 6) is 0. The van der Waals surface area contributed by atoms with Crippen LogP contribution in [0.25, 0.3) is 11.1 Å². The van der Waals surface area contributed by atoms with E-state index in [9.17, 15) is 0 Å². The van der Waals surface area contributed by atoms with E-state index < -0.39 is 0 Å². The summed E-state index contributed by atoms with van der Waals surface area (Å²) in [4.78, 5) is 0. The average Bonchev–Trinajstić information content (AvgIpc) is 2.53. The molecule has 0 heteroatoms. The highest BCUT2D eigenvalue weighted by atomic mass is 14.2. The van der Waals surface area contributed by atoms with Crippen molar-refractivity contribution < 1.29 is 0 Å². The first kappa shape index (κ1) is 11.5. The zero-order chi connectivity index (χ0) is 13.4. The summed E-state index contributed by atoms with van der Waals surface area (Å²) >= 11 is 0. The van der Waals surface area contributed by atoms with Crippen LogP contribution in [0, 0.1) is 0 Å². The molecule has 96 valence electrons. The molecule has 3 aromatic carbocycles. The van der Waals surface area contributed by atoms with Crippen LogP contribution in [0.4, 0.5) is 0 Å². The topological polar surface area (TPSA) is 0 Å². The smallest absolute Gasteiger partial charge is 0.00199 e. The lowest BCUT2D eigenvalue weighted by Crippen LogP contribution is -2.07. The fraction of sp³-hybridized carbons (Fsp3) is 0.100. The third-order valence-corrected chi connectivity index (χ3v) is 4.19. The molecule has 0 nitrogen and oxygen atoms in total. The molecule has 0 N–H and O–H groups in total. The first-order valence-electron chi connectivity index (χ1n) is 7.14. The Balaban J connectivity index is 1.77. The monoisotopic (exact) mass is 256 g/mol. The molecule has 0 amide bonds. The maximum absolute atomic E-state index is 2.36. The number of rotatable bonds is 1. The predicted molar refractivity (Wildman–Crippen MR) is 83.9 cm³/mol. The van der Waals surface area contributed by atoms with Gasteiger partial charge in [-0.3, -0.25) is 0 Å². The maximum atomic E-state index is 2.36. The Morgan fingerprint density at radius 2 is 1.05 bits per heavy atom. The molecule has 0 aliphatic heterocycles. The van der Waals surface area contributed by atoms with Gasteiger partial charge >= 0.3 is 0 Å². The molecule has 0 atom stereocenters. The van der Waals surface area contributed by atoms with Crippen molar-refractivity contribution in [3.05, 3.63) is 95.1 Å². The molecule has 0 bridgehead atoms. The van der Waals surface area contributed by atoms with Gasteiger partial charge in [-0.25, -0.2) is 0 Å². The van der Waals surface area contributed by atoms with Crippen LogP contribution in [0.15, 0.2) is 72.8 Å². The fourth-order valence-electron chi connectivity index (χ4n) is 3.09. The molecule has 1 aliphatic rings. The minimum atomic E-state index is 1.06. The van der Waals surface area contributed by atoms with Crippen LogP contribution in [0.5, 0.6) is 0 Å². The Hall–Kier alpha value is -2.34. The first-order valence-corrected chi connectivity index (χ1v) is 7.14. The minimum absolute atomic E-state index is 1.06. The second-order valence-corrected chi connectivity index (χ2v) is 5.47. The Morgan fingerprint density at radius 3 is 1.80 bits per heavy atom. The second-order valence-electron chi connectivity index (χ2n) is 5.47. The van der Waals surface area contributed by atoms with Crippen molar-refractivity contribution >= 4 is 0 Å². The van der Waals surface area contributed by atoms with Crippen molar-refractivity contribution in [3.63, 3.8) is 0 Å². The quantitative estimate of drug-likeness (QED) is 0.457. The van der Waals surface area contributed by atoms with Crippen LogP contribution in [0.2, 0.25) is 0 Å². The lowest BCUT2D eigenvalue weighted by molar-refractivity contribution is 1.00. The third-order valence-electron chi connectivity index (χ3n) is 4.19. The standard InChI is InChI=1S/C20H16/c1-2-6-15(7-3-1)18-10-11-19-12-16-8-4-5-9-17(16)13-20(19)14-18/h1-11,14H,12-13H2. The van der Waals surface area contributed by atoms with Crippen molar-refractivity contribution in [2.45, 2.75) is 12.8 Å². The molecule has 0 radical (unpaired) electrons. The SMILES string of the molecule is c1ccc(-c2ccc3c(c2)Cc2ccccc2C3)cc1. The van der Waals surface area contributed by atoms with Gasteiger partial charge in [0.1, 0.15) is 0 Å². The Labute approximate surface area is 119 Å². The van der Waals surface area contributed by atoms with E-state index in [0.29, 0.717) is 0 Å². The van der Waals surface area contributed by atoms with E-state index in [1.54, 1.807) is 0 Å². The van der Waals surface area contributed by atoms with E-state index in [2.05, 4.69) is 72.8 Å². The minimum Gasteiger partial charge on any atom is -0.0622 e. The maximum Gasteiger partial charge on any atom is -0.00199 e. The molecular formula is C20H16. The molecule has 1 aliphatic carbocycles. The molecule has 0 spiro atoms. The van der Waals surface area contributed by atoms with Gasteiger partial charge in [0.15, 0.2) is 0 Å². The molecular weight excluding hydrogens is 240 g/mol. The molecule has 0 aromatic heterocycles. The predicted octanol–water partition coefficient (Wildman–Crippen LogP) is 4.85. The van der Waals surface area contributed by atoms with Crippen molar-refractivity contribution in [3.8, 4) is 11.1 Å². The van der Waals surface area contributed by atoms with Gasteiger partial charge in [0, 0.05) is 0 Å². The van der Waals surface area contributed by atoms with Crippen LogP contribution in [0.3, 0.4) is 0 Å². The second kappa shape index (κ2) is 4.64. The number of benzene rings is 3. The molecule has 0 saturated heterocycles. The van der Waals surface area contributed by atoms with E-state index >= 15 is 0 Å². The lowest BCUT2D eigenvalue weighted by Gasteiger charge is -2.20. The zero-order valence-electron chi connectivity index (χ0n) is 11.3. The summed E-state index contributed by atoms with van der Waals surface area (Å²) in [6.45, 7) is 0. The molecule has 20 heavy (non-hydrogen) atoms. The van der Waals surface area contributed by atoms with Crippen LogP contribution in [0.1, 0.15) is 22.3 Å². The van der Waals surface area contributed by atoms with E-state index in [1.165, 1.54) is 33.4 Å². The van der Waals surface area contributed by atoms with Gasteiger partial charge in [0.05, 0.1) is 0 Å². The highest BCUT2D eigenvalue weighted by Gasteiger charge is 2.15. The van der Waals surface area contributed by atoms with Gasteiger partial charge in [-0.15, -0.1) is 0 Å². The van der Waals surface area contributed by atoms with Crippen molar-refractivity contribution in [1.82, 2.24) is 0 Å². The molecule has 0 fully saturated rings. The van der Waals surface area contributed by atoms with Gasteiger partial charge < -0.3 is 0 Å². The third kappa shape index (κ3) is 1.94. The number of hydrogen-bond donors (Lipinski definition) is 0. The van der Waals surface area contributed by atoms with Crippen molar-refractivity contribution in [2.75, 3.05) is 0 Å². The van der Waals surface area contributed by atoms with Crippen molar-refractivity contribution in [1.29, 1.82) is 0 Å². The first-order chi connectivity index (χ1) is 9.90. The summed E-state index contributed by atoms with van der Waals surface area (Å²) in [7, 11) is 0. The molecule has 4 rings (SSSR count). The van der Waals surface area contributed by atoms with Gasteiger partial charge in [0.2, 0.25) is 0 Å². The van der Waals surface area contributed by atoms with Crippen LogP contribution in [-0.2, 0) is 12.8 Å². The van der Waals surface area contributed by atoms with Gasteiger partial charge in [-0.1, -0.05) is 72.8 Å². The van der Waals surface area contributed by atoms with Gasteiger partial charge in [-0.05, 0) is 46.2 Å². The van der Waals surface area contributed by atoms with E-state index in [0.717, 1.165) is 12.8 Å². The largest absolute Gasteiger partial charge is 0.0622 e. The summed E-state index contributed by atoms with van der Waals surface area (Å²) in [6.07, 6.45) is 2.13. The van der Waals surface area contributed by atoms with Crippen LogP contribution in [-0.4, -0.2) is 0 Å². The fourth-order valence-corrected chi connectivity index (χ4v) is 3.09. The Kier molecular flexibility index (Phi) is 2.67. The Bertz CT molecular complexity index is 754. The van der Waals surface area contributed by atoms with E-state index in [4.69, 9.17) is 0 Å². The summed E-state index contributed by atoms with van der Waals surface area (Å²) in [5.41, 5.74) is 8.53. The summed E-state index contributed by atoms with van der Waals surface area (Å²) in [5, 5.41) is 0. The molecule has 0 unspecified atom stereocenters. The summed E-state index contributed by atoms with van der Waals surface area (Å²) in [6, 6.07) is 26.3. The number of fused-ring (bicyclic) bond motifs is 2. The zero-order valence-corrected chi connectivity index (χ0v) is 11.3. The normalized spacial score (nSPS) is 12.6. The van der Waals surface area contributed by atoms with Gasteiger partial charge in [-0.2, -0.15) is 0 Å².